The molecule has 4 amide bonds. The Bertz CT molecular complexity index is 4250. The molecule has 0 aliphatic heterocycles. The van der Waals surface area contributed by atoms with E-state index in [0.717, 1.165) is 98.5 Å². The Kier molecular flexibility index (Phi) is 20.6. The van der Waals surface area contributed by atoms with Gasteiger partial charge in [0.1, 0.15) is 14.4 Å². The number of nitrogens with one attached hydrogen (secondary N) is 4. The molecule has 0 spiro atoms. The highest BCUT2D eigenvalue weighted by Gasteiger charge is 2.32. The van der Waals surface area contributed by atoms with Crippen LogP contribution in [0, 0.1) is 17.8 Å². The summed E-state index contributed by atoms with van der Waals surface area (Å²) in [6.07, 6.45) is 10.8. The number of nitrogens with zero attached hydrogens (tertiary/aromatic N) is 11. The molecule has 26 nitrogen and oxygen atoms in total. The van der Waals surface area contributed by atoms with E-state index in [2.05, 4.69) is 77.4 Å². The van der Waals surface area contributed by atoms with Gasteiger partial charge in [-0.2, -0.15) is 15.0 Å². The maximum absolute atomic E-state index is 12.5. The van der Waals surface area contributed by atoms with E-state index in [4.69, 9.17) is 26.0 Å². The van der Waals surface area contributed by atoms with Gasteiger partial charge in [0, 0.05) is 65.1 Å². The van der Waals surface area contributed by atoms with Crippen LogP contribution in [0.2, 0.25) is 0 Å². The van der Waals surface area contributed by atoms with Crippen molar-refractivity contribution in [3.05, 3.63) is 143 Å². The molecule has 0 aromatic carbocycles. The molecule has 33 heteroatoms. The summed E-state index contributed by atoms with van der Waals surface area (Å²) in [5, 5.41) is 64.8. The van der Waals surface area contributed by atoms with Crippen LogP contribution < -0.4 is 31.8 Å². The molecule has 3 aliphatic rings. The van der Waals surface area contributed by atoms with Crippen LogP contribution >= 0.6 is 72.6 Å². The van der Waals surface area contributed by atoms with E-state index >= 15 is 0 Å². The highest BCUT2D eigenvalue weighted by molar-refractivity contribution is 9.10. The van der Waals surface area contributed by atoms with Crippen molar-refractivity contribution in [2.75, 3.05) is 29.0 Å². The van der Waals surface area contributed by atoms with Gasteiger partial charge < -0.3 is 31.3 Å². The van der Waals surface area contributed by atoms with E-state index < -0.39 is 19.1 Å². The average Bonchev–Trinajstić information content (AvgIpc) is 2.29. The molecular weight excluding hydrogens is 1300 g/mol. The molecular formula is C55H52BBrN16O10S5. The van der Waals surface area contributed by atoms with Crippen molar-refractivity contribution in [3.8, 4) is 21.1 Å². The summed E-state index contributed by atoms with van der Waals surface area (Å²) in [6, 6.07) is 26.4. The summed E-state index contributed by atoms with van der Waals surface area (Å²) in [7, 11) is -1.58. The maximum atomic E-state index is 12.5. The first-order valence-electron chi connectivity index (χ1n) is 27.1. The third-order valence-corrected chi connectivity index (χ3v) is 18.4. The number of aromatic carboxylic acids is 2. The van der Waals surface area contributed by atoms with Gasteiger partial charge in [0.05, 0.1) is 36.0 Å². The lowest BCUT2D eigenvalue weighted by Crippen LogP contribution is -2.26. The first kappa shape index (κ1) is 62.5. The second-order valence-corrected chi connectivity index (χ2v) is 25.5. The summed E-state index contributed by atoms with van der Waals surface area (Å²) in [4.78, 5) is 93.0. The number of hydrogen-bond donors (Lipinski definition) is 9. The summed E-state index contributed by atoms with van der Waals surface area (Å²) in [6.45, 7) is 1.25. The fraction of sp³-hybridized carbons (Fsp3) is 0.236. The highest BCUT2D eigenvalue weighted by atomic mass is 79.9. The van der Waals surface area contributed by atoms with Crippen LogP contribution in [-0.4, -0.2) is 130 Å². The van der Waals surface area contributed by atoms with Crippen molar-refractivity contribution >= 4 is 155 Å². The molecule has 452 valence electrons. The predicted molar refractivity (Wildman–Crippen MR) is 338 cm³/mol. The van der Waals surface area contributed by atoms with Crippen molar-refractivity contribution in [1.82, 2.24) is 59.1 Å². The zero-order valence-corrected chi connectivity index (χ0v) is 51.7. The molecule has 11 aromatic rings. The number of thiophene rings is 3. The predicted octanol–water partition coefficient (Wildman–Crippen LogP) is 7.35. The van der Waals surface area contributed by atoms with Gasteiger partial charge in [0.15, 0.2) is 16.9 Å². The quantitative estimate of drug-likeness (QED) is 0.0318. The molecule has 14 rings (SSSR count). The second-order valence-electron chi connectivity index (χ2n) is 19.5. The molecule has 0 bridgehead atoms. The summed E-state index contributed by atoms with van der Waals surface area (Å²) in [5.74, 6) is -0.905. The fourth-order valence-corrected chi connectivity index (χ4v) is 12.1. The van der Waals surface area contributed by atoms with Crippen molar-refractivity contribution < 1.29 is 49.0 Å². The molecule has 0 radical (unpaired) electrons. The van der Waals surface area contributed by atoms with E-state index in [-0.39, 0.29) is 61.9 Å². The molecule has 0 atom stereocenters. The minimum Gasteiger partial charge on any atom is -0.477 e. The molecule has 88 heavy (non-hydrogen) atoms. The van der Waals surface area contributed by atoms with E-state index in [0.29, 0.717) is 46.8 Å². The lowest BCUT2D eigenvalue weighted by molar-refractivity contribution is -0.118. The van der Waals surface area contributed by atoms with E-state index in [1.54, 1.807) is 66.8 Å². The van der Waals surface area contributed by atoms with Crippen LogP contribution in [0.5, 0.6) is 0 Å². The monoisotopic (exact) mass is 1350 g/mol. The number of aromatic nitrogens is 11. The number of anilines is 3. The molecule has 11 aromatic heterocycles. The second kappa shape index (κ2) is 29.0. The largest absolute Gasteiger partial charge is 0.499 e. The average molecular weight is 1350 g/mol. The van der Waals surface area contributed by atoms with Crippen LogP contribution in [0.1, 0.15) is 77.6 Å². The van der Waals surface area contributed by atoms with Crippen LogP contribution in [0.25, 0.3) is 38.1 Å². The first-order valence-corrected chi connectivity index (χ1v) is 32.1. The number of nitrogens with two attached hydrogens (primary N) is 1. The minimum atomic E-state index is -1.58. The Morgan fingerprint density at radius 1 is 0.557 bits per heavy atom. The van der Waals surface area contributed by atoms with Gasteiger partial charge in [-0.25, -0.2) is 33.1 Å². The first-order chi connectivity index (χ1) is 42.6. The molecule has 3 aliphatic carbocycles. The van der Waals surface area contributed by atoms with Gasteiger partial charge in [0.2, 0.25) is 35.6 Å². The van der Waals surface area contributed by atoms with Crippen LogP contribution in [-0.2, 0) is 27.2 Å². The number of pyridine rings is 3. The topological polar surface area (TPSA) is 374 Å². The van der Waals surface area contributed by atoms with Crippen LogP contribution in [0.4, 0.5) is 17.8 Å². The number of carbonyl (C=O) groups is 6. The number of carboxylic acid groups (broad SMARTS) is 2. The van der Waals surface area contributed by atoms with Gasteiger partial charge in [-0.15, -0.1) is 72.0 Å². The van der Waals surface area contributed by atoms with E-state index in [1.807, 2.05) is 71.4 Å². The number of rotatable bonds is 17. The van der Waals surface area contributed by atoms with E-state index in [1.165, 1.54) is 34.8 Å². The van der Waals surface area contributed by atoms with Gasteiger partial charge >= 0.3 is 19.1 Å². The number of carboxylic acids is 2. The van der Waals surface area contributed by atoms with E-state index in [9.17, 15) is 28.8 Å². The smallest absolute Gasteiger partial charge is 0.477 e. The summed E-state index contributed by atoms with van der Waals surface area (Å²) in [5.41, 5.74) is 8.79. The summed E-state index contributed by atoms with van der Waals surface area (Å²) >= 11 is 10.0. The van der Waals surface area contributed by atoms with Crippen LogP contribution in [0.15, 0.2) is 119 Å². The normalized spacial score (nSPS) is 13.1. The third-order valence-electron chi connectivity index (χ3n) is 12.8. The number of amides is 4. The van der Waals surface area contributed by atoms with Gasteiger partial charge in [-0.1, -0.05) is 24.3 Å². The maximum Gasteiger partial charge on any atom is 0.499 e. The molecule has 10 N–H and O–H groups in total. The molecule has 11 heterocycles. The molecule has 0 saturated heterocycles. The van der Waals surface area contributed by atoms with Gasteiger partial charge in [0.25, 0.3) is 5.91 Å². The Labute approximate surface area is 527 Å². The molecule has 3 saturated carbocycles. The zero-order chi connectivity index (χ0) is 61.8. The molecule has 3 fully saturated rings. The Morgan fingerprint density at radius 3 is 1.40 bits per heavy atom. The number of halogens is 1. The number of carbonyl (C=O) groups excluding carboxylic acids is 4. The number of fused-ring (bicyclic) bond motifs is 3. The van der Waals surface area contributed by atoms with Crippen molar-refractivity contribution in [1.29, 1.82) is 0 Å². The van der Waals surface area contributed by atoms with Gasteiger partial charge in [-0.3, -0.25) is 35.1 Å². The molecule has 0 unspecified atom stereocenters. The number of hydrogen-bond acceptors (Lipinski definition) is 22. The Morgan fingerprint density at radius 2 is 0.989 bits per heavy atom. The van der Waals surface area contributed by atoms with Gasteiger partial charge in [-0.05, 0) is 128 Å². The Balaban J connectivity index is 0.000000130. The SMILES string of the molecule is NCCc1nccs1.O=C(NCCc1nccs1)c1ccc(-c2cccc3nc(NC(=O)C4CC4)nn23)s1.O=C(Nc1nc2cccc(Br)n2n1)C1CC1.O=C(O)c1ccc(-c2cccc3nc(NC(=O)C4CC4)nn23)s1.O=C(O)c1ccc(B(O)O)s1. The number of thiazole rings is 2. The zero-order valence-electron chi connectivity index (χ0n) is 46.0. The lowest BCUT2D eigenvalue weighted by atomic mass is 9.90. The van der Waals surface area contributed by atoms with Crippen molar-refractivity contribution in [2.45, 2.75) is 51.4 Å². The minimum absolute atomic E-state index is 0.0204. The van der Waals surface area contributed by atoms with Crippen molar-refractivity contribution in [2.24, 2.45) is 23.5 Å². The van der Waals surface area contributed by atoms with Crippen molar-refractivity contribution in [3.63, 3.8) is 0 Å². The summed E-state index contributed by atoms with van der Waals surface area (Å²) < 4.78 is 5.99. The standard InChI is InChI=1S/C20H18N6O2S2.C15H12N4O3S.C10H9BrN4O.C5H5BO4S.C5H8N2S/c27-18(12-4-5-12)24-20-23-16-3-1-2-13(26(16)25-20)14-6-7-15(30-14)19(28)22-9-8-17-21-10-11-29-17;20-13(8-4-5-8)17-15-16-12-3-1-2-9(19(12)18-15)10-6-7-11(23-10)14(21)22;11-7-2-1-3-8-12-10(14-15(7)8)13-9(16)6-4-5-6;7-5(8)3-1-2-4(11-3)6(9)10;6-2-1-5-7-3-4-8-5/h1-3,6-7,10-12H,4-5,8-9H2,(H,22,28)(H,24,25,27);1-3,6-8H,4-5H2,(H,21,22)(H,17,18,20);1-3,6H,4-5H2,(H,13,14,16);1-2,9-10H,(H,7,8);3-4H,1-2,6H2. The van der Waals surface area contributed by atoms with Crippen LogP contribution in [0.3, 0.4) is 0 Å². The lowest BCUT2D eigenvalue weighted by Gasteiger charge is -2.02. The fourth-order valence-electron chi connectivity index (χ4n) is 7.93. The highest BCUT2D eigenvalue weighted by Crippen LogP contribution is 2.34. The Hall–Kier alpha value is -8.54. The third kappa shape index (κ3) is 16.7.